The first-order chi connectivity index (χ1) is 12.8. The van der Waals surface area contributed by atoms with Crippen LogP contribution in [0.3, 0.4) is 0 Å². The maximum atomic E-state index is 5.73. The van der Waals surface area contributed by atoms with E-state index in [1.165, 1.54) is 0 Å². The van der Waals surface area contributed by atoms with Crippen LogP contribution in [0.1, 0.15) is 18.6 Å². The Balaban J connectivity index is 1.63. The number of thioether (sulfide) groups is 1. The van der Waals surface area contributed by atoms with Crippen molar-refractivity contribution < 1.29 is 13.9 Å². The maximum absolute atomic E-state index is 5.73. The SMILES string of the molecule is COc1cccc(-c2nnc(SC[C@@H]3CCCO3)n2Cc2ccco2)c1. The largest absolute Gasteiger partial charge is 0.497 e. The zero-order chi connectivity index (χ0) is 17.8. The van der Waals surface area contributed by atoms with E-state index in [4.69, 9.17) is 13.9 Å². The van der Waals surface area contributed by atoms with Crippen LogP contribution in [0.5, 0.6) is 5.75 Å². The van der Waals surface area contributed by atoms with Gasteiger partial charge in [-0.15, -0.1) is 10.2 Å². The number of benzene rings is 1. The van der Waals surface area contributed by atoms with Crippen LogP contribution in [-0.4, -0.2) is 40.3 Å². The molecular formula is C19H21N3O3S. The van der Waals surface area contributed by atoms with Crippen LogP contribution >= 0.6 is 11.8 Å². The predicted octanol–water partition coefficient (Wildman–Crippen LogP) is 3.87. The minimum Gasteiger partial charge on any atom is -0.497 e. The van der Waals surface area contributed by atoms with Gasteiger partial charge in [0.05, 0.1) is 26.0 Å². The normalized spacial score (nSPS) is 16.9. The number of rotatable bonds is 7. The second kappa shape index (κ2) is 7.97. The van der Waals surface area contributed by atoms with E-state index in [9.17, 15) is 0 Å². The van der Waals surface area contributed by atoms with Crippen molar-refractivity contribution in [2.24, 2.45) is 0 Å². The third kappa shape index (κ3) is 3.78. The summed E-state index contributed by atoms with van der Waals surface area (Å²) < 4.78 is 18.7. The molecule has 1 aromatic carbocycles. The van der Waals surface area contributed by atoms with E-state index >= 15 is 0 Å². The van der Waals surface area contributed by atoms with Gasteiger partial charge in [0.25, 0.3) is 0 Å². The molecule has 1 aliphatic rings. The van der Waals surface area contributed by atoms with Crippen LogP contribution < -0.4 is 4.74 Å². The molecule has 0 aliphatic carbocycles. The summed E-state index contributed by atoms with van der Waals surface area (Å²) in [7, 11) is 1.66. The number of aromatic nitrogens is 3. The Labute approximate surface area is 156 Å². The van der Waals surface area contributed by atoms with Crippen molar-refractivity contribution in [2.75, 3.05) is 19.5 Å². The Bertz CT molecular complexity index is 842. The molecule has 6 nitrogen and oxygen atoms in total. The van der Waals surface area contributed by atoms with E-state index < -0.39 is 0 Å². The van der Waals surface area contributed by atoms with Crippen LogP contribution in [0, 0.1) is 0 Å². The lowest BCUT2D eigenvalue weighted by molar-refractivity contribution is 0.129. The monoisotopic (exact) mass is 371 g/mol. The predicted molar refractivity (Wildman–Crippen MR) is 99.5 cm³/mol. The minimum absolute atomic E-state index is 0.300. The van der Waals surface area contributed by atoms with Gasteiger partial charge >= 0.3 is 0 Å². The molecule has 3 heterocycles. The van der Waals surface area contributed by atoms with Crippen LogP contribution in [0.25, 0.3) is 11.4 Å². The van der Waals surface area contributed by atoms with Crippen LogP contribution in [0.4, 0.5) is 0 Å². The first-order valence-corrected chi connectivity index (χ1v) is 9.66. The summed E-state index contributed by atoms with van der Waals surface area (Å²) in [5.41, 5.74) is 0.965. The molecule has 0 amide bonds. The van der Waals surface area contributed by atoms with Crippen molar-refractivity contribution in [1.82, 2.24) is 14.8 Å². The van der Waals surface area contributed by atoms with Crippen molar-refractivity contribution in [3.63, 3.8) is 0 Å². The fraction of sp³-hybridized carbons (Fsp3) is 0.368. The molecule has 1 atom stereocenters. The standard InChI is InChI=1S/C19H21N3O3S/c1-23-15-6-2-5-14(11-15)18-20-21-19(26-13-17-8-4-10-25-17)22(18)12-16-7-3-9-24-16/h2-3,5-7,9,11,17H,4,8,10,12-13H2,1H3/t17-/m0/s1. The van der Waals surface area contributed by atoms with E-state index in [0.717, 1.165) is 53.3 Å². The van der Waals surface area contributed by atoms with E-state index in [-0.39, 0.29) is 0 Å². The van der Waals surface area contributed by atoms with Gasteiger partial charge in [0.1, 0.15) is 11.5 Å². The van der Waals surface area contributed by atoms with Gasteiger partial charge in [0.2, 0.25) is 0 Å². The number of methoxy groups -OCH3 is 1. The third-order valence-corrected chi connectivity index (χ3v) is 5.46. The number of nitrogens with zero attached hydrogens (tertiary/aromatic N) is 3. The summed E-state index contributed by atoms with van der Waals surface area (Å²) in [5, 5.41) is 9.74. The second-order valence-corrected chi connectivity index (χ2v) is 7.14. The lowest BCUT2D eigenvalue weighted by Gasteiger charge is -2.11. The van der Waals surface area contributed by atoms with Gasteiger partial charge in [-0.25, -0.2) is 0 Å². The molecule has 136 valence electrons. The summed E-state index contributed by atoms with van der Waals surface area (Å²) in [6, 6.07) is 11.7. The first-order valence-electron chi connectivity index (χ1n) is 8.68. The van der Waals surface area contributed by atoms with E-state index in [1.54, 1.807) is 25.1 Å². The van der Waals surface area contributed by atoms with Gasteiger partial charge in [-0.1, -0.05) is 23.9 Å². The molecule has 2 aromatic heterocycles. The van der Waals surface area contributed by atoms with Crippen LogP contribution in [0.2, 0.25) is 0 Å². The highest BCUT2D eigenvalue weighted by molar-refractivity contribution is 7.99. The summed E-state index contributed by atoms with van der Waals surface area (Å²) >= 11 is 1.68. The highest BCUT2D eigenvalue weighted by Crippen LogP contribution is 2.29. The Hall–Kier alpha value is -2.25. The smallest absolute Gasteiger partial charge is 0.192 e. The first kappa shape index (κ1) is 17.2. The molecule has 1 fully saturated rings. The molecule has 0 N–H and O–H groups in total. The van der Waals surface area contributed by atoms with Gasteiger partial charge in [-0.2, -0.15) is 0 Å². The van der Waals surface area contributed by atoms with Gasteiger partial charge < -0.3 is 13.9 Å². The van der Waals surface area contributed by atoms with Crippen LogP contribution in [-0.2, 0) is 11.3 Å². The fourth-order valence-electron chi connectivity index (χ4n) is 3.02. The van der Waals surface area contributed by atoms with Crippen molar-refractivity contribution in [2.45, 2.75) is 30.6 Å². The molecule has 7 heteroatoms. The molecule has 26 heavy (non-hydrogen) atoms. The average molecular weight is 371 g/mol. The summed E-state index contributed by atoms with van der Waals surface area (Å²) in [6.45, 7) is 1.44. The van der Waals surface area contributed by atoms with Gasteiger partial charge in [0.15, 0.2) is 11.0 Å². The lowest BCUT2D eigenvalue weighted by Crippen LogP contribution is -2.10. The molecule has 0 bridgehead atoms. The molecule has 3 aromatic rings. The average Bonchev–Trinajstić information content (AvgIpc) is 3.43. The van der Waals surface area contributed by atoms with Crippen molar-refractivity contribution in [3.8, 4) is 17.1 Å². The van der Waals surface area contributed by atoms with Crippen LogP contribution in [0.15, 0.2) is 52.2 Å². The van der Waals surface area contributed by atoms with E-state index in [0.29, 0.717) is 12.6 Å². The molecule has 0 spiro atoms. The third-order valence-electron chi connectivity index (χ3n) is 4.36. The fourth-order valence-corrected chi connectivity index (χ4v) is 4.02. The Morgan fingerprint density at radius 3 is 3.00 bits per heavy atom. The van der Waals surface area contributed by atoms with Crippen molar-refractivity contribution >= 4 is 11.8 Å². The van der Waals surface area contributed by atoms with Gasteiger partial charge in [-0.3, -0.25) is 4.57 Å². The maximum Gasteiger partial charge on any atom is 0.192 e. The highest BCUT2D eigenvalue weighted by atomic mass is 32.2. The van der Waals surface area contributed by atoms with Gasteiger partial charge in [-0.05, 0) is 37.1 Å². The number of ether oxygens (including phenoxy) is 2. The lowest BCUT2D eigenvalue weighted by atomic mass is 10.2. The number of hydrogen-bond acceptors (Lipinski definition) is 6. The molecule has 0 radical (unpaired) electrons. The van der Waals surface area contributed by atoms with Gasteiger partial charge in [0, 0.05) is 17.9 Å². The molecule has 0 unspecified atom stereocenters. The Morgan fingerprint density at radius 1 is 1.27 bits per heavy atom. The molecular weight excluding hydrogens is 350 g/mol. The number of hydrogen-bond donors (Lipinski definition) is 0. The number of furan rings is 1. The molecule has 4 rings (SSSR count). The highest BCUT2D eigenvalue weighted by Gasteiger charge is 2.20. The molecule has 1 saturated heterocycles. The van der Waals surface area contributed by atoms with Crippen molar-refractivity contribution in [3.05, 3.63) is 48.4 Å². The molecule has 1 aliphatic heterocycles. The van der Waals surface area contributed by atoms with E-state index in [2.05, 4.69) is 14.8 Å². The zero-order valence-corrected chi connectivity index (χ0v) is 15.4. The zero-order valence-electron chi connectivity index (χ0n) is 14.6. The minimum atomic E-state index is 0.300. The van der Waals surface area contributed by atoms with Crippen molar-refractivity contribution in [1.29, 1.82) is 0 Å². The summed E-state index contributed by atoms with van der Waals surface area (Å²) in [6.07, 6.45) is 4.24. The summed E-state index contributed by atoms with van der Waals surface area (Å²) in [4.78, 5) is 0. The Kier molecular flexibility index (Phi) is 5.26. The second-order valence-electron chi connectivity index (χ2n) is 6.15. The summed E-state index contributed by atoms with van der Waals surface area (Å²) in [5.74, 6) is 3.35. The molecule has 0 saturated carbocycles. The van der Waals surface area contributed by atoms with E-state index in [1.807, 2.05) is 36.4 Å². The quantitative estimate of drug-likeness (QED) is 0.588. The Morgan fingerprint density at radius 2 is 2.23 bits per heavy atom. The topological polar surface area (TPSA) is 62.3 Å².